The Morgan fingerprint density at radius 3 is 1.57 bits per heavy atom. The highest BCUT2D eigenvalue weighted by Gasteiger charge is 2.26. The molecular formula is C40H81ClNO8PS2. The number of thioether (sulfide) groups is 1. The monoisotopic (exact) mass is 833 g/mol. The first-order valence-corrected chi connectivity index (χ1v) is 25.7. The van der Waals surface area contributed by atoms with Gasteiger partial charge in [-0.3, -0.25) is 18.6 Å². The number of phosphoric acid groups is 1. The molecule has 3 atom stereocenters. The molecule has 0 heterocycles. The molecule has 0 aromatic rings. The summed E-state index contributed by atoms with van der Waals surface area (Å²) in [5.41, 5.74) is 5.35. The molecule has 0 aliphatic carbocycles. The molecule has 0 spiro atoms. The molecule has 0 saturated carbocycles. The van der Waals surface area contributed by atoms with Gasteiger partial charge in [-0.05, 0) is 73.8 Å². The third-order valence-corrected chi connectivity index (χ3v) is 13.2. The van der Waals surface area contributed by atoms with Crippen molar-refractivity contribution >= 4 is 42.4 Å². The molecule has 0 fully saturated rings. The molecule has 0 saturated heterocycles. The lowest BCUT2D eigenvalue weighted by molar-refractivity contribution is -0.161. The third-order valence-electron chi connectivity index (χ3n) is 9.06. The van der Waals surface area contributed by atoms with Gasteiger partial charge in [0.25, 0.3) is 0 Å². The maximum atomic E-state index is 12.6. The number of phosphoric ester groups is 1. The summed E-state index contributed by atoms with van der Waals surface area (Å²) >= 11 is 2.06. The summed E-state index contributed by atoms with van der Waals surface area (Å²) in [6.45, 7) is 3.76. The molecule has 318 valence electrons. The minimum Gasteiger partial charge on any atom is -1.00 e. The van der Waals surface area contributed by atoms with E-state index in [1.165, 1.54) is 139 Å². The van der Waals surface area contributed by atoms with Crippen molar-refractivity contribution < 1.29 is 50.0 Å². The number of unbranched alkanes of at least 4 members (excludes halogenated alkanes) is 20. The largest absolute Gasteiger partial charge is 1.00 e. The fourth-order valence-electron chi connectivity index (χ4n) is 5.82. The molecule has 53 heavy (non-hydrogen) atoms. The molecule has 3 unspecified atom stereocenters. The minimum absolute atomic E-state index is 0. The van der Waals surface area contributed by atoms with Gasteiger partial charge in [-0.25, -0.2) is 4.57 Å². The van der Waals surface area contributed by atoms with Gasteiger partial charge in [-0.2, -0.15) is 11.8 Å². The molecular weight excluding hydrogens is 753 g/mol. The minimum atomic E-state index is -4.37. The van der Waals surface area contributed by atoms with E-state index in [4.69, 9.17) is 24.3 Å². The maximum Gasteiger partial charge on any atom is 0.472 e. The Bertz CT molecular complexity index is 864. The lowest BCUT2D eigenvalue weighted by atomic mass is 10.1. The van der Waals surface area contributed by atoms with Crippen molar-refractivity contribution in [2.45, 2.75) is 187 Å². The van der Waals surface area contributed by atoms with Crippen molar-refractivity contribution in [1.29, 1.82) is 0 Å². The Morgan fingerprint density at radius 1 is 0.642 bits per heavy atom. The molecule has 0 bridgehead atoms. The van der Waals surface area contributed by atoms with Crippen LogP contribution in [-0.4, -0.2) is 78.6 Å². The second-order valence-corrected chi connectivity index (χ2v) is 19.3. The zero-order chi connectivity index (χ0) is 38.4. The number of hydrogen-bond donors (Lipinski definition) is 2. The molecule has 9 nitrogen and oxygen atoms in total. The third kappa shape index (κ3) is 41.5. The summed E-state index contributed by atoms with van der Waals surface area (Å²) in [6.07, 6.45) is 31.2. The quantitative estimate of drug-likeness (QED) is 0.0273. The highest BCUT2D eigenvalue weighted by molar-refractivity contribution is 7.99. The van der Waals surface area contributed by atoms with E-state index in [-0.39, 0.29) is 51.0 Å². The fraction of sp³-hybridized carbons (Fsp3) is 0.950. The number of rotatable bonds is 41. The summed E-state index contributed by atoms with van der Waals surface area (Å²) in [4.78, 5) is 34.9. The van der Waals surface area contributed by atoms with Gasteiger partial charge < -0.3 is 32.5 Å². The SMILES string of the molecule is CCCCCCCCCSCCCCCCCC(=O)OCC(COP(=O)(O)OCCN)OC(=O)CCCCCCC[S+](C)CCCCCCCCC.[Cl-]. The van der Waals surface area contributed by atoms with Crippen LogP contribution in [0.5, 0.6) is 0 Å². The standard InChI is InChI=1S/C40H80NO8PS2.ClH/c1-4-6-8-10-12-18-24-32-51-33-25-19-14-16-22-28-39(42)46-36-38(37-48-50(44,45)47-31-30-41)49-40(43)29-23-17-15-21-27-35-52(3)34-26-20-13-11-9-7-5-2;/h38H,4-37,41H2,1-3H3;1H. The zero-order valence-electron chi connectivity index (χ0n) is 34.1. The first-order chi connectivity index (χ1) is 25.2. The smallest absolute Gasteiger partial charge is 0.472 e. The Balaban J connectivity index is 0. The van der Waals surface area contributed by atoms with Crippen LogP contribution in [0, 0.1) is 0 Å². The van der Waals surface area contributed by atoms with Gasteiger partial charge in [-0.1, -0.05) is 117 Å². The van der Waals surface area contributed by atoms with Crippen molar-refractivity contribution in [3.63, 3.8) is 0 Å². The van der Waals surface area contributed by atoms with Gasteiger partial charge in [-0.15, -0.1) is 0 Å². The number of nitrogens with two attached hydrogens (primary N) is 1. The van der Waals surface area contributed by atoms with Crippen molar-refractivity contribution in [3.05, 3.63) is 0 Å². The first-order valence-electron chi connectivity index (χ1n) is 21.1. The Kier molecular flexibility index (Phi) is 43.3. The predicted molar refractivity (Wildman–Crippen MR) is 223 cm³/mol. The van der Waals surface area contributed by atoms with E-state index in [1.807, 2.05) is 0 Å². The topological polar surface area (TPSA) is 134 Å². The van der Waals surface area contributed by atoms with Crippen LogP contribution in [0.15, 0.2) is 0 Å². The van der Waals surface area contributed by atoms with Crippen molar-refractivity contribution in [2.24, 2.45) is 5.73 Å². The zero-order valence-corrected chi connectivity index (χ0v) is 37.4. The number of carbonyl (C=O) groups is 2. The molecule has 0 amide bonds. The van der Waals surface area contributed by atoms with Crippen LogP contribution in [-0.2, 0) is 43.6 Å². The van der Waals surface area contributed by atoms with Crippen LogP contribution in [0.2, 0.25) is 0 Å². The molecule has 13 heteroatoms. The van der Waals surface area contributed by atoms with E-state index < -0.39 is 26.5 Å². The van der Waals surface area contributed by atoms with Crippen LogP contribution in [0.25, 0.3) is 0 Å². The average Bonchev–Trinajstić information content (AvgIpc) is 3.12. The van der Waals surface area contributed by atoms with Crippen LogP contribution in [0.4, 0.5) is 0 Å². The second-order valence-electron chi connectivity index (χ2n) is 14.3. The molecule has 3 N–H and O–H groups in total. The average molecular weight is 835 g/mol. The van der Waals surface area contributed by atoms with Crippen molar-refractivity contribution in [3.8, 4) is 0 Å². The van der Waals surface area contributed by atoms with Gasteiger partial charge in [0, 0.05) is 19.4 Å². The number of ether oxygens (including phenoxy) is 2. The van der Waals surface area contributed by atoms with E-state index in [0.717, 1.165) is 32.1 Å². The van der Waals surface area contributed by atoms with E-state index in [9.17, 15) is 19.0 Å². The highest BCUT2D eigenvalue weighted by atomic mass is 35.5. The number of hydrogen-bond acceptors (Lipinski definition) is 9. The number of carbonyl (C=O) groups excluding carboxylic acids is 2. The lowest BCUT2D eigenvalue weighted by Gasteiger charge is -2.19. The number of esters is 2. The van der Waals surface area contributed by atoms with Gasteiger partial charge in [0.1, 0.15) is 18.1 Å². The van der Waals surface area contributed by atoms with E-state index in [1.54, 1.807) is 0 Å². The molecule has 0 radical (unpaired) electrons. The molecule has 0 aliphatic heterocycles. The highest BCUT2D eigenvalue weighted by Crippen LogP contribution is 2.43. The van der Waals surface area contributed by atoms with Gasteiger partial charge >= 0.3 is 19.8 Å². The second kappa shape index (κ2) is 41.6. The summed E-state index contributed by atoms with van der Waals surface area (Å²) in [7, 11) is -3.87. The molecule has 0 aromatic carbocycles. The van der Waals surface area contributed by atoms with Crippen LogP contribution in [0.3, 0.4) is 0 Å². The van der Waals surface area contributed by atoms with Gasteiger partial charge in [0.05, 0.1) is 19.5 Å². The summed E-state index contributed by atoms with van der Waals surface area (Å²) in [5, 5.41) is 0. The molecule has 0 aromatic heterocycles. The Hall–Kier alpha value is -0.000000000000000167. The lowest BCUT2D eigenvalue weighted by Crippen LogP contribution is -3.00. The normalized spacial score (nSPS) is 13.6. The Labute approximate surface area is 339 Å². The summed E-state index contributed by atoms with van der Waals surface area (Å²) < 4.78 is 32.8. The van der Waals surface area contributed by atoms with E-state index >= 15 is 0 Å². The van der Waals surface area contributed by atoms with Crippen LogP contribution in [0.1, 0.15) is 181 Å². The van der Waals surface area contributed by atoms with Crippen molar-refractivity contribution in [1.82, 2.24) is 0 Å². The summed E-state index contributed by atoms with van der Waals surface area (Å²) in [6, 6.07) is 0. The number of halogens is 1. The summed E-state index contributed by atoms with van der Waals surface area (Å²) in [5.74, 6) is 4.29. The van der Waals surface area contributed by atoms with Crippen LogP contribution >= 0.6 is 19.6 Å². The first kappa shape index (κ1) is 55.1. The van der Waals surface area contributed by atoms with E-state index in [0.29, 0.717) is 17.3 Å². The predicted octanol–water partition coefficient (Wildman–Crippen LogP) is 7.70. The van der Waals surface area contributed by atoms with Crippen LogP contribution < -0.4 is 18.1 Å². The van der Waals surface area contributed by atoms with E-state index in [2.05, 4.69) is 31.9 Å². The van der Waals surface area contributed by atoms with Crippen molar-refractivity contribution in [2.75, 3.05) is 55.6 Å². The Morgan fingerprint density at radius 2 is 1.08 bits per heavy atom. The molecule has 0 aliphatic rings. The van der Waals surface area contributed by atoms with Gasteiger partial charge in [0.15, 0.2) is 6.10 Å². The maximum absolute atomic E-state index is 12.6. The fourth-order valence-corrected chi connectivity index (χ4v) is 9.21. The van der Waals surface area contributed by atoms with Gasteiger partial charge in [0.2, 0.25) is 0 Å². The molecule has 0 rings (SSSR count).